The number of nitrogens with zero attached hydrogens (tertiary/aromatic N) is 1. The summed E-state index contributed by atoms with van der Waals surface area (Å²) in [6, 6.07) is 4.23. The monoisotopic (exact) mass is 290 g/mol. The normalized spacial score (nSPS) is 10.2. The quantitative estimate of drug-likeness (QED) is 0.787. The van der Waals surface area contributed by atoms with Crippen molar-refractivity contribution in [1.82, 2.24) is 0 Å². The van der Waals surface area contributed by atoms with Crippen molar-refractivity contribution in [3.8, 4) is 5.75 Å². The fourth-order valence-corrected chi connectivity index (χ4v) is 1.45. The van der Waals surface area contributed by atoms with Crippen LogP contribution < -0.4 is 10.1 Å². The number of allylic oxidation sites excluding steroid dienone is 2. The molecule has 6 nitrogen and oxygen atoms in total. The fourth-order valence-electron chi connectivity index (χ4n) is 1.45. The standard InChI is InChI=1S/C15H18N2O4/c1-10(2)6-7-16-9-14(18)17-12-5-4-11(15(19)20)8-13(12)21-3/h4-8H,9H2,1-3H3,(H,17,18)(H,19,20)/b16-7+. The van der Waals surface area contributed by atoms with Crippen molar-refractivity contribution < 1.29 is 19.4 Å². The summed E-state index contributed by atoms with van der Waals surface area (Å²) in [5.74, 6) is -1.08. The summed E-state index contributed by atoms with van der Waals surface area (Å²) >= 11 is 0. The zero-order chi connectivity index (χ0) is 15.8. The number of carboxylic acid groups (broad SMARTS) is 1. The predicted octanol–water partition coefficient (Wildman–Crippen LogP) is 2.37. The van der Waals surface area contributed by atoms with Crippen molar-refractivity contribution in [3.05, 3.63) is 35.4 Å². The molecule has 1 rings (SSSR count). The summed E-state index contributed by atoms with van der Waals surface area (Å²) in [7, 11) is 1.41. The summed E-state index contributed by atoms with van der Waals surface area (Å²) in [5.41, 5.74) is 1.58. The predicted molar refractivity (Wildman–Crippen MR) is 81.4 cm³/mol. The van der Waals surface area contributed by atoms with Gasteiger partial charge in [0, 0.05) is 6.21 Å². The van der Waals surface area contributed by atoms with Crippen LogP contribution in [0.4, 0.5) is 5.69 Å². The number of amides is 1. The lowest BCUT2D eigenvalue weighted by Gasteiger charge is -2.10. The summed E-state index contributed by atoms with van der Waals surface area (Å²) in [6.45, 7) is 3.84. The van der Waals surface area contributed by atoms with Crippen LogP contribution in [0.2, 0.25) is 0 Å². The molecule has 0 radical (unpaired) electrons. The second-order valence-electron chi connectivity index (χ2n) is 4.50. The number of benzene rings is 1. The Morgan fingerprint density at radius 3 is 2.67 bits per heavy atom. The summed E-state index contributed by atoms with van der Waals surface area (Å²) in [4.78, 5) is 26.6. The minimum Gasteiger partial charge on any atom is -0.495 e. The van der Waals surface area contributed by atoms with Crippen LogP contribution >= 0.6 is 0 Å². The smallest absolute Gasteiger partial charge is 0.335 e. The number of carbonyl (C=O) groups excluding carboxylic acids is 1. The minimum absolute atomic E-state index is 0.0202. The van der Waals surface area contributed by atoms with Gasteiger partial charge in [0.05, 0.1) is 18.4 Å². The number of aromatic carboxylic acids is 1. The van der Waals surface area contributed by atoms with E-state index in [0.717, 1.165) is 5.57 Å². The molecule has 0 aliphatic heterocycles. The Kier molecular flexibility index (Phi) is 6.13. The van der Waals surface area contributed by atoms with Crippen LogP contribution in [0.15, 0.2) is 34.8 Å². The Morgan fingerprint density at radius 2 is 2.10 bits per heavy atom. The maximum atomic E-state index is 11.7. The Bertz CT molecular complexity index is 587. The average molecular weight is 290 g/mol. The van der Waals surface area contributed by atoms with E-state index in [1.54, 1.807) is 12.3 Å². The van der Waals surface area contributed by atoms with Gasteiger partial charge in [0.1, 0.15) is 12.3 Å². The maximum absolute atomic E-state index is 11.7. The topological polar surface area (TPSA) is 88.0 Å². The highest BCUT2D eigenvalue weighted by atomic mass is 16.5. The molecule has 0 bridgehead atoms. The van der Waals surface area contributed by atoms with Gasteiger partial charge in [-0.2, -0.15) is 0 Å². The summed E-state index contributed by atoms with van der Waals surface area (Å²) in [6.07, 6.45) is 3.37. The van der Waals surface area contributed by atoms with Crippen LogP contribution in [0.5, 0.6) is 5.75 Å². The van der Waals surface area contributed by atoms with E-state index in [1.807, 2.05) is 13.8 Å². The van der Waals surface area contributed by atoms with E-state index in [4.69, 9.17) is 9.84 Å². The third-order valence-corrected chi connectivity index (χ3v) is 2.47. The van der Waals surface area contributed by atoms with Gasteiger partial charge in [-0.25, -0.2) is 4.79 Å². The first-order valence-corrected chi connectivity index (χ1v) is 6.28. The van der Waals surface area contributed by atoms with Crippen LogP contribution in [0.1, 0.15) is 24.2 Å². The first kappa shape index (κ1) is 16.4. The molecule has 1 amide bonds. The fraction of sp³-hybridized carbons (Fsp3) is 0.267. The second-order valence-corrected chi connectivity index (χ2v) is 4.50. The van der Waals surface area contributed by atoms with Gasteiger partial charge < -0.3 is 15.2 Å². The molecule has 0 saturated heterocycles. The third-order valence-electron chi connectivity index (χ3n) is 2.47. The van der Waals surface area contributed by atoms with Crippen LogP contribution in [-0.4, -0.2) is 36.9 Å². The van der Waals surface area contributed by atoms with Crippen LogP contribution in [0, 0.1) is 0 Å². The van der Waals surface area contributed by atoms with Crippen molar-refractivity contribution in [2.24, 2.45) is 4.99 Å². The van der Waals surface area contributed by atoms with Crippen molar-refractivity contribution in [2.45, 2.75) is 13.8 Å². The molecule has 6 heteroatoms. The van der Waals surface area contributed by atoms with Gasteiger partial charge in [-0.3, -0.25) is 9.79 Å². The van der Waals surface area contributed by atoms with Gasteiger partial charge in [0.15, 0.2) is 0 Å². The molecular weight excluding hydrogens is 272 g/mol. The van der Waals surface area contributed by atoms with E-state index in [0.29, 0.717) is 5.69 Å². The molecule has 0 spiro atoms. The first-order chi connectivity index (χ1) is 9.93. The maximum Gasteiger partial charge on any atom is 0.335 e. The van der Waals surface area contributed by atoms with Crippen molar-refractivity contribution in [1.29, 1.82) is 0 Å². The minimum atomic E-state index is -1.06. The number of rotatable bonds is 6. The number of carbonyl (C=O) groups is 2. The molecule has 21 heavy (non-hydrogen) atoms. The molecule has 0 heterocycles. The number of aliphatic imine (C=N–C) groups is 1. The Labute approximate surface area is 123 Å². The molecule has 112 valence electrons. The lowest BCUT2D eigenvalue weighted by atomic mass is 10.2. The molecule has 1 aromatic rings. The molecule has 0 fully saturated rings. The first-order valence-electron chi connectivity index (χ1n) is 6.28. The Balaban J connectivity index is 2.74. The van der Waals surface area contributed by atoms with Crippen molar-refractivity contribution in [2.75, 3.05) is 19.0 Å². The number of methoxy groups -OCH3 is 1. The van der Waals surface area contributed by atoms with Crippen LogP contribution in [0.3, 0.4) is 0 Å². The largest absolute Gasteiger partial charge is 0.495 e. The highest BCUT2D eigenvalue weighted by Crippen LogP contribution is 2.25. The SMILES string of the molecule is COc1cc(C(=O)O)ccc1NC(=O)C/N=C/C=C(C)C. The van der Waals surface area contributed by atoms with E-state index >= 15 is 0 Å². The molecule has 1 aromatic carbocycles. The van der Waals surface area contributed by atoms with E-state index in [2.05, 4.69) is 10.3 Å². The van der Waals surface area contributed by atoms with E-state index in [1.165, 1.54) is 25.3 Å². The molecule has 2 N–H and O–H groups in total. The van der Waals surface area contributed by atoms with E-state index in [-0.39, 0.29) is 23.8 Å². The Morgan fingerprint density at radius 1 is 1.38 bits per heavy atom. The lowest BCUT2D eigenvalue weighted by Crippen LogP contribution is -2.15. The van der Waals surface area contributed by atoms with Crippen LogP contribution in [0.25, 0.3) is 0 Å². The van der Waals surface area contributed by atoms with Gasteiger partial charge in [-0.05, 0) is 38.1 Å². The molecule has 0 aliphatic rings. The highest BCUT2D eigenvalue weighted by Gasteiger charge is 2.10. The number of hydrogen-bond acceptors (Lipinski definition) is 4. The number of ether oxygens (including phenoxy) is 1. The van der Waals surface area contributed by atoms with Gasteiger partial charge in [-0.15, -0.1) is 0 Å². The van der Waals surface area contributed by atoms with Crippen LogP contribution in [-0.2, 0) is 4.79 Å². The number of hydrogen-bond donors (Lipinski definition) is 2. The van der Waals surface area contributed by atoms with Crippen molar-refractivity contribution in [3.63, 3.8) is 0 Å². The molecule has 0 unspecified atom stereocenters. The third kappa shape index (κ3) is 5.48. The van der Waals surface area contributed by atoms with E-state index in [9.17, 15) is 9.59 Å². The zero-order valence-electron chi connectivity index (χ0n) is 12.2. The Hall–Kier alpha value is -2.63. The number of carboxylic acids is 1. The average Bonchev–Trinajstić information content (AvgIpc) is 2.43. The molecule has 0 aliphatic carbocycles. The van der Waals surface area contributed by atoms with Gasteiger partial charge in [0.2, 0.25) is 5.91 Å². The highest BCUT2D eigenvalue weighted by molar-refractivity contribution is 5.96. The summed E-state index contributed by atoms with van der Waals surface area (Å²) < 4.78 is 5.07. The van der Waals surface area contributed by atoms with Crippen molar-refractivity contribution >= 4 is 23.8 Å². The number of nitrogens with one attached hydrogen (secondary N) is 1. The van der Waals surface area contributed by atoms with Gasteiger partial charge in [0.25, 0.3) is 0 Å². The zero-order valence-corrected chi connectivity index (χ0v) is 12.2. The molecule has 0 aromatic heterocycles. The van der Waals surface area contributed by atoms with E-state index < -0.39 is 5.97 Å². The summed E-state index contributed by atoms with van der Waals surface area (Å²) in [5, 5.41) is 11.5. The molecule has 0 atom stereocenters. The van der Waals surface area contributed by atoms with Gasteiger partial charge in [-0.1, -0.05) is 5.57 Å². The van der Waals surface area contributed by atoms with Gasteiger partial charge >= 0.3 is 5.97 Å². The molecule has 0 saturated carbocycles. The second kappa shape index (κ2) is 7.84. The molecular formula is C15H18N2O4. The number of anilines is 1. The lowest BCUT2D eigenvalue weighted by molar-refractivity contribution is -0.114.